The number of aliphatic hydroxyl groups is 1. The van der Waals surface area contributed by atoms with E-state index < -0.39 is 43.8 Å². The zero-order valence-corrected chi connectivity index (χ0v) is 26.3. The summed E-state index contributed by atoms with van der Waals surface area (Å²) < 4.78 is 38.5. The van der Waals surface area contributed by atoms with Gasteiger partial charge in [0.25, 0.3) is 5.56 Å². The molecular formula is C30H37N6O8P. The van der Waals surface area contributed by atoms with Gasteiger partial charge in [0.15, 0.2) is 17.4 Å². The van der Waals surface area contributed by atoms with E-state index in [0.717, 1.165) is 11.1 Å². The first-order chi connectivity index (χ1) is 21.3. The number of imidazole rings is 1. The third-order valence-electron chi connectivity index (χ3n) is 7.20. The van der Waals surface area contributed by atoms with Gasteiger partial charge in [-0.1, -0.05) is 63.2 Å². The average molecular weight is 641 g/mol. The van der Waals surface area contributed by atoms with Gasteiger partial charge in [0.2, 0.25) is 5.95 Å². The molecule has 2 aromatic carbocycles. The molecular weight excluding hydrogens is 603 g/mol. The molecule has 5 N–H and O–H groups in total. The number of esters is 1. The van der Waals surface area contributed by atoms with E-state index in [2.05, 4.69) is 40.8 Å². The van der Waals surface area contributed by atoms with E-state index in [4.69, 9.17) is 24.3 Å². The number of rotatable bonds is 11. The number of carbonyl (C=O) groups is 1. The monoisotopic (exact) mass is 640 g/mol. The number of ether oxygens (including phenoxy) is 2. The molecule has 4 aromatic rings. The Morgan fingerprint density at radius 3 is 2.62 bits per heavy atom. The Bertz CT molecular complexity index is 1740. The number of fused-ring (bicyclic) bond motifs is 1. The van der Waals surface area contributed by atoms with E-state index in [1.165, 1.54) is 17.8 Å². The highest BCUT2D eigenvalue weighted by Gasteiger charge is 2.39. The molecule has 3 heterocycles. The highest BCUT2D eigenvalue weighted by molar-refractivity contribution is 7.52. The Labute approximate surface area is 259 Å². The Kier molecular flexibility index (Phi) is 9.42. The fourth-order valence-corrected chi connectivity index (χ4v) is 6.31. The minimum absolute atomic E-state index is 0.0346. The number of benzene rings is 2. The summed E-state index contributed by atoms with van der Waals surface area (Å²) in [6.45, 7) is 7.47. The normalized spacial score (nSPS) is 20.5. The maximum atomic E-state index is 14.1. The van der Waals surface area contributed by atoms with Crippen LogP contribution < -0.4 is 20.9 Å². The van der Waals surface area contributed by atoms with Crippen molar-refractivity contribution in [2.75, 3.05) is 12.3 Å². The van der Waals surface area contributed by atoms with Crippen LogP contribution >= 0.6 is 7.75 Å². The number of hydrogen-bond donors (Lipinski definition) is 4. The average Bonchev–Trinajstić information content (AvgIpc) is 3.58. The number of aromatic nitrogens is 4. The second-order valence-corrected chi connectivity index (χ2v) is 13.5. The quantitative estimate of drug-likeness (QED) is 0.138. The predicted octanol–water partition coefficient (Wildman–Crippen LogP) is 3.57. The van der Waals surface area contributed by atoms with Crippen molar-refractivity contribution in [3.8, 4) is 5.75 Å². The Balaban J connectivity index is 1.29. The molecule has 14 nitrogen and oxygen atoms in total. The molecule has 240 valence electrons. The minimum Gasteiger partial charge on any atom is -0.460 e. The lowest BCUT2D eigenvalue weighted by atomic mass is 9.87. The lowest BCUT2D eigenvalue weighted by Gasteiger charge is -2.25. The molecule has 1 aliphatic rings. The van der Waals surface area contributed by atoms with Crippen LogP contribution in [0.4, 0.5) is 5.95 Å². The molecule has 1 unspecified atom stereocenters. The molecule has 5 atom stereocenters. The maximum absolute atomic E-state index is 14.1. The van der Waals surface area contributed by atoms with E-state index in [-0.39, 0.29) is 47.9 Å². The summed E-state index contributed by atoms with van der Waals surface area (Å²) in [7, 11) is -4.21. The van der Waals surface area contributed by atoms with E-state index in [0.29, 0.717) is 0 Å². The van der Waals surface area contributed by atoms with Gasteiger partial charge in [-0.15, -0.1) is 0 Å². The number of nitrogens with zero attached hydrogens (tertiary/aromatic N) is 3. The zero-order chi connectivity index (χ0) is 32.4. The van der Waals surface area contributed by atoms with Crippen molar-refractivity contribution in [3.05, 3.63) is 82.4 Å². The van der Waals surface area contributed by atoms with Crippen molar-refractivity contribution >= 4 is 30.8 Å². The van der Waals surface area contributed by atoms with Crippen LogP contribution in [0.15, 0.2) is 65.7 Å². The van der Waals surface area contributed by atoms with E-state index in [1.54, 1.807) is 12.1 Å². The number of aliphatic hydroxyl groups excluding tert-OH is 1. The number of H-pyrrole nitrogens is 1. The predicted molar refractivity (Wildman–Crippen MR) is 165 cm³/mol. The molecule has 0 saturated carbocycles. The Morgan fingerprint density at radius 1 is 1.22 bits per heavy atom. The Morgan fingerprint density at radius 2 is 1.93 bits per heavy atom. The molecule has 1 fully saturated rings. The molecule has 0 aliphatic carbocycles. The van der Waals surface area contributed by atoms with Crippen molar-refractivity contribution < 1.29 is 33.0 Å². The van der Waals surface area contributed by atoms with Gasteiger partial charge in [-0.05, 0) is 35.6 Å². The number of aromatic amines is 1. The number of hydrogen-bond acceptors (Lipinski definition) is 11. The van der Waals surface area contributed by atoms with Crippen LogP contribution in [0, 0.1) is 0 Å². The topological polar surface area (TPSA) is 193 Å². The van der Waals surface area contributed by atoms with Crippen molar-refractivity contribution in [1.82, 2.24) is 24.6 Å². The first-order valence-corrected chi connectivity index (χ1v) is 15.9. The number of nitrogens with two attached hydrogens (primary N) is 1. The van der Waals surface area contributed by atoms with Gasteiger partial charge in [-0.25, -0.2) is 9.55 Å². The van der Waals surface area contributed by atoms with Crippen molar-refractivity contribution in [2.24, 2.45) is 0 Å². The third kappa shape index (κ3) is 7.78. The molecule has 2 aromatic heterocycles. The molecule has 1 aliphatic heterocycles. The van der Waals surface area contributed by atoms with Gasteiger partial charge in [-0.2, -0.15) is 10.1 Å². The molecule has 15 heteroatoms. The first-order valence-electron chi connectivity index (χ1n) is 14.4. The molecule has 0 amide bonds. The van der Waals surface area contributed by atoms with E-state index in [1.807, 2.05) is 42.5 Å². The maximum Gasteiger partial charge on any atom is 0.459 e. The second kappa shape index (κ2) is 13.1. The smallest absolute Gasteiger partial charge is 0.459 e. The van der Waals surface area contributed by atoms with Crippen LogP contribution in [0.5, 0.6) is 5.75 Å². The summed E-state index contributed by atoms with van der Waals surface area (Å²) in [6.07, 6.45) is -1.34. The summed E-state index contributed by atoms with van der Waals surface area (Å²) in [5.74, 6) is -0.513. The highest BCUT2D eigenvalue weighted by atomic mass is 31.2. The zero-order valence-electron chi connectivity index (χ0n) is 25.4. The fraction of sp³-hybridized carbons (Fsp3) is 0.400. The SMILES string of the molecule is C[C@H](NP(=O)(OC[C@@H]1C[C@@H](O)[C@H](n2cnc3c(=O)[nH]c(N)nc32)O1)Oc1ccc(C(C)(C)C)cc1)C(=O)OCc1ccccc1. The van der Waals surface area contributed by atoms with Crippen LogP contribution in [0.2, 0.25) is 0 Å². The van der Waals surface area contributed by atoms with Crippen molar-refractivity contribution in [3.63, 3.8) is 0 Å². The van der Waals surface area contributed by atoms with E-state index in [9.17, 15) is 19.3 Å². The lowest BCUT2D eigenvalue weighted by molar-refractivity contribution is -0.146. The number of anilines is 1. The number of carbonyl (C=O) groups excluding carboxylic acids is 1. The van der Waals surface area contributed by atoms with Gasteiger partial charge in [0, 0.05) is 6.42 Å². The van der Waals surface area contributed by atoms with Crippen LogP contribution in [-0.2, 0) is 35.4 Å². The van der Waals surface area contributed by atoms with Crippen molar-refractivity contribution in [2.45, 2.75) is 70.6 Å². The second-order valence-electron chi connectivity index (χ2n) is 11.8. The molecule has 5 rings (SSSR count). The summed E-state index contributed by atoms with van der Waals surface area (Å²) in [5.41, 5.74) is 7.07. The fourth-order valence-electron chi connectivity index (χ4n) is 4.79. The van der Waals surface area contributed by atoms with Crippen molar-refractivity contribution in [1.29, 1.82) is 0 Å². The Hall–Kier alpha value is -4.07. The van der Waals surface area contributed by atoms with Gasteiger partial charge in [0.05, 0.1) is 19.0 Å². The van der Waals surface area contributed by atoms with Gasteiger partial charge in [-0.3, -0.25) is 23.7 Å². The van der Waals surface area contributed by atoms with E-state index >= 15 is 0 Å². The lowest BCUT2D eigenvalue weighted by Crippen LogP contribution is -2.35. The summed E-state index contributed by atoms with van der Waals surface area (Å²) >= 11 is 0. The highest BCUT2D eigenvalue weighted by Crippen LogP contribution is 2.46. The van der Waals surface area contributed by atoms with Gasteiger partial charge >= 0.3 is 13.7 Å². The molecule has 0 spiro atoms. The molecule has 1 saturated heterocycles. The van der Waals surface area contributed by atoms with Gasteiger partial charge in [0.1, 0.15) is 24.5 Å². The number of nitrogens with one attached hydrogen (secondary N) is 2. The summed E-state index contributed by atoms with van der Waals surface area (Å²) in [6, 6.07) is 15.2. The summed E-state index contributed by atoms with van der Waals surface area (Å²) in [4.78, 5) is 35.6. The van der Waals surface area contributed by atoms with Crippen LogP contribution in [-0.4, -0.2) is 55.5 Å². The molecule has 0 radical (unpaired) electrons. The first kappa shape index (κ1) is 32.3. The molecule has 45 heavy (non-hydrogen) atoms. The minimum atomic E-state index is -4.21. The van der Waals surface area contributed by atoms with Gasteiger partial charge < -0.3 is 24.8 Å². The molecule has 0 bridgehead atoms. The summed E-state index contributed by atoms with van der Waals surface area (Å²) in [5, 5.41) is 13.5. The van der Waals surface area contributed by atoms with Crippen LogP contribution in [0.25, 0.3) is 11.2 Å². The van der Waals surface area contributed by atoms with Crippen LogP contribution in [0.1, 0.15) is 51.5 Å². The largest absolute Gasteiger partial charge is 0.460 e. The third-order valence-corrected chi connectivity index (χ3v) is 8.84. The standard InChI is InChI=1S/C30H37N6O8P/c1-18(28(39)41-15-19-8-6-5-7-9-19)35-45(40,44-21-12-10-20(11-13-21)30(2,3)4)42-16-22-14-23(37)27(43-22)36-17-32-24-25(36)33-29(31)34-26(24)38/h5-13,17-18,22-23,27,37H,14-16H2,1-4H3,(H,35,40)(H3,31,33,34,38)/t18-,22-,23+,27+,45?/m0/s1. The number of nitrogen functional groups attached to an aromatic ring is 1. The van der Waals surface area contributed by atoms with Crippen LogP contribution in [0.3, 0.4) is 0 Å².